The quantitative estimate of drug-likeness (QED) is 0.709. The van der Waals surface area contributed by atoms with Crippen LogP contribution in [0.4, 0.5) is 10.1 Å². The van der Waals surface area contributed by atoms with Crippen LogP contribution in [-0.2, 0) is 10.0 Å². The van der Waals surface area contributed by atoms with E-state index in [0.717, 1.165) is 18.5 Å². The van der Waals surface area contributed by atoms with Gasteiger partial charge in [0.05, 0.1) is 12.3 Å². The minimum absolute atomic E-state index is 0.247. The van der Waals surface area contributed by atoms with Gasteiger partial charge in [-0.2, -0.15) is 0 Å². The number of halogens is 1. The van der Waals surface area contributed by atoms with Crippen LogP contribution in [0.15, 0.2) is 47.6 Å². The van der Waals surface area contributed by atoms with E-state index in [1.807, 2.05) is 0 Å². The van der Waals surface area contributed by atoms with Crippen molar-refractivity contribution in [2.24, 2.45) is 0 Å². The Hall–Kier alpha value is -2.03. The second kappa shape index (κ2) is 6.17. The SMILES string of the molecule is Nc1ccc(C(O)CNS(=O)(=O)c2cncc(F)c2)cc1. The molecule has 0 aliphatic carbocycles. The maximum absolute atomic E-state index is 13.0. The van der Waals surface area contributed by atoms with E-state index in [2.05, 4.69) is 9.71 Å². The lowest BCUT2D eigenvalue weighted by Gasteiger charge is -2.12. The van der Waals surface area contributed by atoms with E-state index in [0.29, 0.717) is 11.3 Å². The number of nitrogens with zero attached hydrogens (tertiary/aromatic N) is 1. The van der Waals surface area contributed by atoms with Crippen molar-refractivity contribution >= 4 is 15.7 Å². The van der Waals surface area contributed by atoms with Gasteiger partial charge in [-0.1, -0.05) is 12.1 Å². The summed E-state index contributed by atoms with van der Waals surface area (Å²) in [6, 6.07) is 7.24. The van der Waals surface area contributed by atoms with Gasteiger partial charge in [-0.3, -0.25) is 4.98 Å². The molecule has 0 amide bonds. The molecule has 6 nitrogen and oxygen atoms in total. The van der Waals surface area contributed by atoms with Crippen molar-refractivity contribution in [3.63, 3.8) is 0 Å². The van der Waals surface area contributed by atoms with E-state index in [1.54, 1.807) is 24.3 Å². The monoisotopic (exact) mass is 311 g/mol. The topological polar surface area (TPSA) is 105 Å². The summed E-state index contributed by atoms with van der Waals surface area (Å²) in [6.45, 7) is -0.247. The van der Waals surface area contributed by atoms with Crippen LogP contribution in [0.2, 0.25) is 0 Å². The van der Waals surface area contributed by atoms with Crippen molar-refractivity contribution in [3.05, 3.63) is 54.1 Å². The Bertz CT molecular complexity index is 720. The Balaban J connectivity index is 2.06. The number of sulfonamides is 1. The predicted octanol–water partition coefficient (Wildman–Crippen LogP) is 0.815. The molecule has 0 aliphatic heterocycles. The zero-order valence-corrected chi connectivity index (χ0v) is 11.7. The van der Waals surface area contributed by atoms with E-state index < -0.39 is 21.9 Å². The highest BCUT2D eigenvalue weighted by Crippen LogP contribution is 2.15. The summed E-state index contributed by atoms with van der Waals surface area (Å²) in [6.07, 6.45) is 0.894. The first-order valence-corrected chi connectivity index (χ1v) is 7.50. The molecule has 8 heteroatoms. The van der Waals surface area contributed by atoms with Gasteiger partial charge >= 0.3 is 0 Å². The van der Waals surface area contributed by atoms with Crippen molar-refractivity contribution in [1.82, 2.24) is 9.71 Å². The molecule has 2 rings (SSSR count). The highest BCUT2D eigenvalue weighted by atomic mass is 32.2. The van der Waals surface area contributed by atoms with Crippen LogP contribution in [0, 0.1) is 5.82 Å². The Morgan fingerprint density at radius 1 is 1.29 bits per heavy atom. The average molecular weight is 311 g/mol. The highest BCUT2D eigenvalue weighted by Gasteiger charge is 2.17. The summed E-state index contributed by atoms with van der Waals surface area (Å²) in [4.78, 5) is 3.18. The smallest absolute Gasteiger partial charge is 0.242 e. The predicted molar refractivity (Wildman–Crippen MR) is 75.2 cm³/mol. The maximum atomic E-state index is 13.0. The number of aliphatic hydroxyl groups excluding tert-OH is 1. The van der Waals surface area contributed by atoms with E-state index in [9.17, 15) is 17.9 Å². The number of nitrogens with two attached hydrogens (primary N) is 1. The van der Waals surface area contributed by atoms with Gasteiger partial charge in [0.15, 0.2) is 0 Å². The molecule has 0 saturated heterocycles. The van der Waals surface area contributed by atoms with Gasteiger partial charge in [0, 0.05) is 18.4 Å². The Kier molecular flexibility index (Phi) is 4.51. The third-order valence-corrected chi connectivity index (χ3v) is 4.17. The van der Waals surface area contributed by atoms with E-state index in [4.69, 9.17) is 5.73 Å². The van der Waals surface area contributed by atoms with Crippen LogP contribution in [0.1, 0.15) is 11.7 Å². The molecular formula is C13H14FN3O3S. The number of aromatic nitrogens is 1. The average Bonchev–Trinajstić information content (AvgIpc) is 2.45. The van der Waals surface area contributed by atoms with Crippen molar-refractivity contribution in [1.29, 1.82) is 0 Å². The first kappa shape index (κ1) is 15.4. The van der Waals surface area contributed by atoms with Gasteiger partial charge < -0.3 is 10.8 Å². The molecule has 4 N–H and O–H groups in total. The minimum atomic E-state index is -3.93. The van der Waals surface area contributed by atoms with Gasteiger partial charge in [0.1, 0.15) is 10.7 Å². The number of hydrogen-bond acceptors (Lipinski definition) is 5. The Morgan fingerprint density at radius 2 is 1.95 bits per heavy atom. The standard InChI is InChI=1S/C13H14FN3O3S/c14-10-5-12(7-16-6-10)21(19,20)17-8-13(18)9-1-3-11(15)4-2-9/h1-7,13,17-18H,8,15H2. The summed E-state index contributed by atoms with van der Waals surface area (Å²) < 4.78 is 39.0. The summed E-state index contributed by atoms with van der Waals surface area (Å²) in [5, 5.41) is 9.92. The summed E-state index contributed by atoms with van der Waals surface area (Å²) in [5.74, 6) is -0.753. The molecule has 21 heavy (non-hydrogen) atoms. The lowest BCUT2D eigenvalue weighted by molar-refractivity contribution is 0.182. The molecule has 2 aromatic rings. The van der Waals surface area contributed by atoms with E-state index >= 15 is 0 Å². The first-order valence-electron chi connectivity index (χ1n) is 6.02. The third kappa shape index (κ3) is 3.97. The number of benzene rings is 1. The normalized spacial score (nSPS) is 13.0. The van der Waals surface area contributed by atoms with Crippen LogP contribution in [-0.4, -0.2) is 25.1 Å². The highest BCUT2D eigenvalue weighted by molar-refractivity contribution is 7.89. The van der Waals surface area contributed by atoms with Crippen molar-refractivity contribution in [3.8, 4) is 0 Å². The molecule has 112 valence electrons. The molecule has 0 radical (unpaired) electrons. The third-order valence-electron chi connectivity index (χ3n) is 2.78. The zero-order valence-electron chi connectivity index (χ0n) is 10.9. The fourth-order valence-electron chi connectivity index (χ4n) is 1.65. The lowest BCUT2D eigenvalue weighted by Crippen LogP contribution is -2.28. The summed E-state index contributed by atoms with van der Waals surface area (Å²) in [7, 11) is -3.93. The second-order valence-electron chi connectivity index (χ2n) is 4.37. The number of rotatable bonds is 5. The minimum Gasteiger partial charge on any atom is -0.399 e. The fourth-order valence-corrected chi connectivity index (χ4v) is 2.66. The molecule has 0 saturated carbocycles. The van der Waals surface area contributed by atoms with Gasteiger partial charge in [-0.25, -0.2) is 17.5 Å². The summed E-state index contributed by atoms with van der Waals surface area (Å²) >= 11 is 0. The Morgan fingerprint density at radius 3 is 2.57 bits per heavy atom. The number of aliphatic hydroxyl groups is 1. The number of anilines is 1. The second-order valence-corrected chi connectivity index (χ2v) is 6.14. The number of pyridine rings is 1. The van der Waals surface area contributed by atoms with Crippen LogP contribution in [0.25, 0.3) is 0 Å². The number of nitrogen functional groups attached to an aromatic ring is 1. The number of nitrogens with one attached hydrogen (secondary N) is 1. The molecule has 1 unspecified atom stereocenters. The van der Waals surface area contributed by atoms with Gasteiger partial charge in [0.2, 0.25) is 10.0 Å². The van der Waals surface area contributed by atoms with Crippen LogP contribution in [0.3, 0.4) is 0 Å². The fraction of sp³-hybridized carbons (Fsp3) is 0.154. The van der Waals surface area contributed by atoms with Gasteiger partial charge in [0.25, 0.3) is 0 Å². The lowest BCUT2D eigenvalue weighted by atomic mass is 10.1. The van der Waals surface area contributed by atoms with Crippen molar-refractivity contribution < 1.29 is 17.9 Å². The molecule has 0 aliphatic rings. The molecular weight excluding hydrogens is 297 g/mol. The first-order chi connectivity index (χ1) is 9.88. The van der Waals surface area contributed by atoms with Gasteiger partial charge in [-0.15, -0.1) is 0 Å². The van der Waals surface area contributed by atoms with Gasteiger partial charge in [-0.05, 0) is 23.8 Å². The largest absolute Gasteiger partial charge is 0.399 e. The molecule has 0 fully saturated rings. The Labute approximate surface area is 121 Å². The molecule has 1 heterocycles. The molecule has 1 aromatic carbocycles. The maximum Gasteiger partial charge on any atom is 0.242 e. The van der Waals surface area contributed by atoms with Crippen molar-refractivity contribution in [2.75, 3.05) is 12.3 Å². The molecule has 0 spiro atoms. The van der Waals surface area contributed by atoms with Crippen molar-refractivity contribution in [2.45, 2.75) is 11.0 Å². The summed E-state index contributed by atoms with van der Waals surface area (Å²) in [5.41, 5.74) is 6.58. The number of hydrogen-bond donors (Lipinski definition) is 3. The molecule has 1 aromatic heterocycles. The molecule has 0 bridgehead atoms. The van der Waals surface area contributed by atoms with Crippen LogP contribution in [0.5, 0.6) is 0 Å². The van der Waals surface area contributed by atoms with Crippen LogP contribution >= 0.6 is 0 Å². The van der Waals surface area contributed by atoms with Crippen LogP contribution < -0.4 is 10.5 Å². The van der Waals surface area contributed by atoms with E-state index in [1.165, 1.54) is 0 Å². The van der Waals surface area contributed by atoms with E-state index in [-0.39, 0.29) is 11.4 Å². The zero-order chi connectivity index (χ0) is 15.5. The molecule has 1 atom stereocenters.